The molecule has 1 aromatic carbocycles. The zero-order chi connectivity index (χ0) is 15.4. The summed E-state index contributed by atoms with van der Waals surface area (Å²) in [5.74, 6) is -1.50. The van der Waals surface area contributed by atoms with Gasteiger partial charge in [0.1, 0.15) is 5.82 Å². The molecule has 6 nitrogen and oxygen atoms in total. The summed E-state index contributed by atoms with van der Waals surface area (Å²) in [6.45, 7) is 0.266. The van der Waals surface area contributed by atoms with Crippen LogP contribution in [0.1, 0.15) is 9.75 Å². The number of carboxylic acids is 1. The van der Waals surface area contributed by atoms with Gasteiger partial charge in [0.05, 0.1) is 17.0 Å². The second kappa shape index (κ2) is 6.31. The van der Waals surface area contributed by atoms with Gasteiger partial charge in [0.2, 0.25) is 0 Å². The predicted molar refractivity (Wildman–Crippen MR) is 76.0 cm³/mol. The summed E-state index contributed by atoms with van der Waals surface area (Å²) in [6.07, 6.45) is -0.0597. The molecule has 0 bridgehead atoms. The van der Waals surface area contributed by atoms with Crippen LogP contribution in [-0.4, -0.2) is 16.0 Å². The Hall–Kier alpha value is -2.48. The molecule has 0 unspecified atom stereocenters. The van der Waals surface area contributed by atoms with Crippen molar-refractivity contribution in [2.24, 2.45) is 0 Å². The summed E-state index contributed by atoms with van der Waals surface area (Å²) in [7, 11) is 0. The van der Waals surface area contributed by atoms with E-state index in [1.807, 2.05) is 0 Å². The Morgan fingerprint density at radius 2 is 2.05 bits per heavy atom. The molecule has 0 radical (unpaired) electrons. The Balaban J connectivity index is 2.05. The smallest absolute Gasteiger partial charge is 0.308 e. The SMILES string of the molecule is O=C(O)Cc1ccc(CNc2cc([N+](=O)[O-])ccc2F)s1. The molecule has 1 aromatic heterocycles. The van der Waals surface area contributed by atoms with Gasteiger partial charge in [-0.3, -0.25) is 14.9 Å². The fourth-order valence-corrected chi connectivity index (χ4v) is 2.65. The van der Waals surface area contributed by atoms with Crippen LogP contribution in [0.3, 0.4) is 0 Å². The zero-order valence-corrected chi connectivity index (χ0v) is 11.5. The van der Waals surface area contributed by atoms with Crippen molar-refractivity contribution in [3.05, 3.63) is 56.0 Å². The highest BCUT2D eigenvalue weighted by atomic mass is 32.1. The van der Waals surface area contributed by atoms with Crippen molar-refractivity contribution in [3.8, 4) is 0 Å². The summed E-state index contributed by atoms with van der Waals surface area (Å²) in [5.41, 5.74) is -0.158. The number of rotatable bonds is 6. The Morgan fingerprint density at radius 1 is 1.33 bits per heavy atom. The molecule has 0 aliphatic carbocycles. The van der Waals surface area contributed by atoms with E-state index >= 15 is 0 Å². The minimum atomic E-state index is -0.916. The molecule has 0 saturated carbocycles. The minimum absolute atomic E-state index is 0.0392. The van der Waals surface area contributed by atoms with E-state index in [2.05, 4.69) is 5.32 Å². The number of non-ortho nitro benzene ring substituents is 1. The first kappa shape index (κ1) is 14.9. The summed E-state index contributed by atoms with van der Waals surface area (Å²) in [4.78, 5) is 22.1. The number of nitro groups is 1. The van der Waals surface area contributed by atoms with E-state index < -0.39 is 16.7 Å². The first-order valence-corrected chi connectivity index (χ1v) is 6.74. The molecule has 0 aliphatic rings. The third-order valence-corrected chi connectivity index (χ3v) is 3.74. The monoisotopic (exact) mass is 310 g/mol. The predicted octanol–water partition coefficient (Wildman–Crippen LogP) is 3.03. The molecule has 0 atom stereocenters. The number of nitrogens with one attached hydrogen (secondary N) is 1. The number of anilines is 1. The van der Waals surface area contributed by atoms with Crippen LogP contribution >= 0.6 is 11.3 Å². The lowest BCUT2D eigenvalue weighted by atomic mass is 10.2. The van der Waals surface area contributed by atoms with Gasteiger partial charge in [0.15, 0.2) is 0 Å². The molecule has 1 heterocycles. The van der Waals surface area contributed by atoms with Crippen LogP contribution in [0.15, 0.2) is 30.3 Å². The molecule has 0 amide bonds. The van der Waals surface area contributed by atoms with Crippen molar-refractivity contribution in [3.63, 3.8) is 0 Å². The number of thiophene rings is 1. The maximum absolute atomic E-state index is 13.6. The van der Waals surface area contributed by atoms with Crippen molar-refractivity contribution in [1.82, 2.24) is 0 Å². The molecule has 2 N–H and O–H groups in total. The number of carboxylic acid groups (broad SMARTS) is 1. The Bertz CT molecular complexity index is 687. The van der Waals surface area contributed by atoms with Gasteiger partial charge in [0, 0.05) is 28.4 Å². The van der Waals surface area contributed by atoms with Gasteiger partial charge in [0.25, 0.3) is 5.69 Å². The first-order valence-electron chi connectivity index (χ1n) is 5.93. The topological polar surface area (TPSA) is 92.5 Å². The van der Waals surface area contributed by atoms with E-state index in [9.17, 15) is 19.3 Å². The number of nitrogens with zero attached hydrogens (tertiary/aromatic N) is 1. The number of carbonyl (C=O) groups is 1. The minimum Gasteiger partial charge on any atom is -0.481 e. The number of benzene rings is 1. The summed E-state index contributed by atoms with van der Waals surface area (Å²) < 4.78 is 13.6. The maximum atomic E-state index is 13.6. The Morgan fingerprint density at radius 3 is 2.71 bits per heavy atom. The first-order chi connectivity index (χ1) is 9.95. The van der Waals surface area contributed by atoms with Gasteiger partial charge in [-0.1, -0.05) is 0 Å². The molecule has 2 rings (SSSR count). The average molecular weight is 310 g/mol. The fraction of sp³-hybridized carbons (Fsp3) is 0.154. The van der Waals surface area contributed by atoms with E-state index in [4.69, 9.17) is 5.11 Å². The lowest BCUT2D eigenvalue weighted by Gasteiger charge is -2.05. The molecule has 0 saturated heterocycles. The Labute approximate surface area is 123 Å². The van der Waals surface area contributed by atoms with Crippen molar-refractivity contribution in [2.75, 3.05) is 5.32 Å². The van der Waals surface area contributed by atoms with E-state index in [0.717, 1.165) is 23.1 Å². The van der Waals surface area contributed by atoms with Gasteiger partial charge in [-0.05, 0) is 18.2 Å². The van der Waals surface area contributed by atoms with Crippen LogP contribution in [0, 0.1) is 15.9 Å². The molecular weight excluding hydrogens is 299 g/mol. The molecule has 2 aromatic rings. The van der Waals surface area contributed by atoms with E-state index in [1.165, 1.54) is 11.3 Å². The van der Waals surface area contributed by atoms with Gasteiger partial charge >= 0.3 is 5.97 Å². The highest BCUT2D eigenvalue weighted by Crippen LogP contribution is 2.23. The fourth-order valence-electron chi connectivity index (χ4n) is 1.71. The van der Waals surface area contributed by atoms with Crippen LogP contribution in [0.25, 0.3) is 0 Å². The van der Waals surface area contributed by atoms with Crippen LogP contribution in [0.2, 0.25) is 0 Å². The average Bonchev–Trinajstić information content (AvgIpc) is 2.84. The highest BCUT2D eigenvalue weighted by molar-refractivity contribution is 7.12. The molecule has 8 heteroatoms. The number of nitro benzene ring substituents is 1. The molecule has 0 aliphatic heterocycles. The lowest BCUT2D eigenvalue weighted by Crippen LogP contribution is -2.01. The number of halogens is 1. The zero-order valence-electron chi connectivity index (χ0n) is 10.7. The van der Waals surface area contributed by atoms with E-state index in [0.29, 0.717) is 4.88 Å². The second-order valence-corrected chi connectivity index (χ2v) is 5.47. The van der Waals surface area contributed by atoms with Crippen molar-refractivity contribution in [1.29, 1.82) is 0 Å². The van der Waals surface area contributed by atoms with Crippen LogP contribution in [0.5, 0.6) is 0 Å². The summed E-state index contributed by atoms with van der Waals surface area (Å²) >= 11 is 1.30. The Kier molecular flexibility index (Phi) is 4.49. The number of hydrogen-bond acceptors (Lipinski definition) is 5. The quantitative estimate of drug-likeness (QED) is 0.632. The van der Waals surface area contributed by atoms with Crippen molar-refractivity contribution in [2.45, 2.75) is 13.0 Å². The van der Waals surface area contributed by atoms with Crippen LogP contribution in [-0.2, 0) is 17.8 Å². The summed E-state index contributed by atoms with van der Waals surface area (Å²) in [5, 5.41) is 22.1. The number of hydrogen-bond donors (Lipinski definition) is 2. The highest BCUT2D eigenvalue weighted by Gasteiger charge is 2.11. The third kappa shape index (κ3) is 3.99. The van der Waals surface area contributed by atoms with Crippen molar-refractivity contribution >= 4 is 28.7 Å². The van der Waals surface area contributed by atoms with Gasteiger partial charge < -0.3 is 10.4 Å². The van der Waals surface area contributed by atoms with Gasteiger partial charge in [-0.15, -0.1) is 11.3 Å². The van der Waals surface area contributed by atoms with Crippen LogP contribution in [0.4, 0.5) is 15.8 Å². The third-order valence-electron chi connectivity index (χ3n) is 2.66. The van der Waals surface area contributed by atoms with E-state index in [1.54, 1.807) is 12.1 Å². The molecule has 0 spiro atoms. The van der Waals surface area contributed by atoms with Crippen molar-refractivity contribution < 1.29 is 19.2 Å². The molecule has 21 heavy (non-hydrogen) atoms. The lowest BCUT2D eigenvalue weighted by molar-refractivity contribution is -0.384. The maximum Gasteiger partial charge on any atom is 0.308 e. The van der Waals surface area contributed by atoms with Crippen LogP contribution < -0.4 is 5.32 Å². The standard InChI is InChI=1S/C13H11FN2O4S/c14-11-4-1-8(16(19)20)5-12(11)15-7-10-3-2-9(21-10)6-13(17)18/h1-5,15H,6-7H2,(H,17,18). The molecule has 0 fully saturated rings. The second-order valence-electron chi connectivity index (χ2n) is 4.21. The van der Waals surface area contributed by atoms with Gasteiger partial charge in [-0.2, -0.15) is 0 Å². The van der Waals surface area contributed by atoms with Gasteiger partial charge in [-0.25, -0.2) is 4.39 Å². The normalized spacial score (nSPS) is 10.3. The number of aliphatic carboxylic acids is 1. The summed E-state index contributed by atoms with van der Waals surface area (Å²) in [6, 6.07) is 6.69. The molecule has 110 valence electrons. The largest absolute Gasteiger partial charge is 0.481 e. The van der Waals surface area contributed by atoms with E-state index in [-0.39, 0.29) is 24.3 Å². The molecular formula is C13H11FN2O4S.